The highest BCUT2D eigenvalue weighted by molar-refractivity contribution is 6.61. The Kier molecular flexibility index (Phi) is 5.45. The Labute approximate surface area is 75.8 Å². The van der Waals surface area contributed by atoms with E-state index in [9.17, 15) is 9.59 Å². The van der Waals surface area contributed by atoms with Crippen molar-refractivity contribution >= 4 is 23.0 Å². The lowest BCUT2D eigenvalue weighted by Crippen LogP contribution is -2.13. The van der Waals surface area contributed by atoms with Crippen molar-refractivity contribution in [2.45, 2.75) is 26.4 Å². The van der Waals surface area contributed by atoms with Crippen LogP contribution in [0, 0.1) is 0 Å². The summed E-state index contributed by atoms with van der Waals surface area (Å²) in [6, 6.07) is 0. The minimum Gasteiger partial charge on any atom is -0.466 e. The Morgan fingerprint density at radius 3 is 2.50 bits per heavy atom. The van der Waals surface area contributed by atoms with E-state index in [4.69, 9.17) is 11.6 Å². The Balaban J connectivity index is 3.37. The molecule has 1 atom stereocenters. The average molecular weight is 195 g/mol. The summed E-state index contributed by atoms with van der Waals surface area (Å²) in [4.78, 5) is 20.5. The molecule has 0 aliphatic heterocycles. The molecule has 0 spiro atoms. The fourth-order valence-corrected chi connectivity index (χ4v) is 0.738. The van der Waals surface area contributed by atoms with Crippen LogP contribution in [0.5, 0.6) is 0 Å². The highest BCUT2D eigenvalue weighted by Crippen LogP contribution is 2.00. The van der Waals surface area contributed by atoms with Crippen LogP contribution in [0.2, 0.25) is 0 Å². The van der Waals surface area contributed by atoms with Gasteiger partial charge >= 0.3 is 11.4 Å². The van der Waals surface area contributed by atoms with Crippen LogP contribution in [-0.4, -0.2) is 24.1 Å². The third kappa shape index (κ3) is 7.34. The van der Waals surface area contributed by atoms with Crippen LogP contribution >= 0.6 is 11.6 Å². The first kappa shape index (κ1) is 11.2. The van der Waals surface area contributed by atoms with Gasteiger partial charge in [0.25, 0.3) is 0 Å². The lowest BCUT2D eigenvalue weighted by atomic mass is 10.3. The van der Waals surface area contributed by atoms with Crippen molar-refractivity contribution in [3.8, 4) is 0 Å². The summed E-state index contributed by atoms with van der Waals surface area (Å²) < 4.78 is 9.19. The van der Waals surface area contributed by atoms with Gasteiger partial charge in [0.1, 0.15) is 6.10 Å². The Morgan fingerprint density at radius 1 is 1.50 bits per heavy atom. The van der Waals surface area contributed by atoms with E-state index in [1.165, 1.54) is 6.92 Å². The zero-order chi connectivity index (χ0) is 9.56. The van der Waals surface area contributed by atoms with Gasteiger partial charge < -0.3 is 9.47 Å². The van der Waals surface area contributed by atoms with Gasteiger partial charge in [0, 0.05) is 24.9 Å². The maximum absolute atomic E-state index is 10.3. The molecule has 0 aromatic rings. The predicted octanol–water partition coefficient (Wildman–Crippen LogP) is 1.70. The molecule has 4 nitrogen and oxygen atoms in total. The van der Waals surface area contributed by atoms with Gasteiger partial charge in [0.15, 0.2) is 0 Å². The van der Waals surface area contributed by atoms with E-state index in [0.717, 1.165) is 0 Å². The number of esters is 1. The van der Waals surface area contributed by atoms with Crippen LogP contribution in [0.4, 0.5) is 4.79 Å². The van der Waals surface area contributed by atoms with Crippen molar-refractivity contribution in [3.05, 3.63) is 0 Å². The molecule has 0 aliphatic carbocycles. The molecule has 12 heavy (non-hydrogen) atoms. The normalized spacial score (nSPS) is 11.9. The van der Waals surface area contributed by atoms with Gasteiger partial charge in [-0.1, -0.05) is 0 Å². The minimum absolute atomic E-state index is 0.237. The average Bonchev–Trinajstić information content (AvgIpc) is 1.84. The number of carbonyl (C=O) groups is 2. The van der Waals surface area contributed by atoms with Gasteiger partial charge in [-0.05, 0) is 6.92 Å². The molecule has 0 saturated heterocycles. The fourth-order valence-electron chi connectivity index (χ4n) is 0.586. The van der Waals surface area contributed by atoms with Gasteiger partial charge in [0.2, 0.25) is 0 Å². The van der Waals surface area contributed by atoms with Crippen LogP contribution in [-0.2, 0) is 14.3 Å². The molecule has 0 rings (SSSR count). The molecule has 0 radical (unpaired) electrons. The van der Waals surface area contributed by atoms with Gasteiger partial charge in [0.05, 0.1) is 6.61 Å². The topological polar surface area (TPSA) is 52.6 Å². The van der Waals surface area contributed by atoms with Crippen LogP contribution in [0.25, 0.3) is 0 Å². The highest BCUT2D eigenvalue weighted by atomic mass is 35.5. The Hall–Kier alpha value is -0.770. The number of rotatable bonds is 4. The maximum atomic E-state index is 10.3. The largest absolute Gasteiger partial charge is 0.466 e. The zero-order valence-corrected chi connectivity index (χ0v) is 7.76. The number of halogens is 1. The van der Waals surface area contributed by atoms with Crippen molar-refractivity contribution in [3.63, 3.8) is 0 Å². The third-order valence-corrected chi connectivity index (χ3v) is 1.21. The molecule has 0 N–H and O–H groups in total. The summed E-state index contributed by atoms with van der Waals surface area (Å²) in [7, 11) is 0. The lowest BCUT2D eigenvalue weighted by Gasteiger charge is -2.09. The van der Waals surface area contributed by atoms with Gasteiger partial charge in [-0.2, -0.15) is 0 Å². The van der Waals surface area contributed by atoms with Crippen molar-refractivity contribution in [2.75, 3.05) is 6.61 Å². The van der Waals surface area contributed by atoms with Crippen molar-refractivity contribution in [1.82, 2.24) is 0 Å². The van der Waals surface area contributed by atoms with Crippen LogP contribution in [0.15, 0.2) is 0 Å². The van der Waals surface area contributed by atoms with E-state index in [-0.39, 0.29) is 18.7 Å². The first-order valence-electron chi connectivity index (χ1n) is 3.52. The molecule has 0 saturated carbocycles. The molecule has 0 aliphatic rings. The van der Waals surface area contributed by atoms with Crippen molar-refractivity contribution in [2.24, 2.45) is 0 Å². The molecule has 0 amide bonds. The Bertz CT molecular complexity index is 169. The van der Waals surface area contributed by atoms with E-state index in [2.05, 4.69) is 9.47 Å². The van der Waals surface area contributed by atoms with Crippen molar-refractivity contribution in [1.29, 1.82) is 0 Å². The second kappa shape index (κ2) is 5.83. The summed E-state index contributed by atoms with van der Waals surface area (Å²) in [6.07, 6.45) is 0.132. The standard InChI is InChI=1S/C7H11ClO4/c1-5(12-7(8)10)3-4-11-6(2)9/h5H,3-4H2,1-2H3. The van der Waals surface area contributed by atoms with E-state index >= 15 is 0 Å². The molecule has 0 aromatic heterocycles. The first-order chi connectivity index (χ1) is 5.52. The quantitative estimate of drug-likeness (QED) is 0.505. The molecule has 0 bridgehead atoms. The van der Waals surface area contributed by atoms with E-state index in [1.54, 1.807) is 6.92 Å². The van der Waals surface area contributed by atoms with Gasteiger partial charge in [-0.25, -0.2) is 4.79 Å². The second-order valence-electron chi connectivity index (χ2n) is 2.29. The summed E-state index contributed by atoms with van der Waals surface area (Å²) >= 11 is 4.95. The van der Waals surface area contributed by atoms with E-state index in [1.807, 2.05) is 0 Å². The summed E-state index contributed by atoms with van der Waals surface area (Å²) in [5, 5.41) is 0. The molecule has 0 heterocycles. The third-order valence-electron chi connectivity index (χ3n) is 1.12. The maximum Gasteiger partial charge on any atom is 0.404 e. The SMILES string of the molecule is CC(=O)OCCC(C)OC(=O)Cl. The second-order valence-corrected chi connectivity index (χ2v) is 2.60. The smallest absolute Gasteiger partial charge is 0.404 e. The molecular formula is C7H11ClO4. The van der Waals surface area contributed by atoms with E-state index < -0.39 is 5.43 Å². The molecule has 5 heteroatoms. The highest BCUT2D eigenvalue weighted by Gasteiger charge is 2.06. The van der Waals surface area contributed by atoms with Crippen molar-refractivity contribution < 1.29 is 19.1 Å². The summed E-state index contributed by atoms with van der Waals surface area (Å²) in [5.41, 5.74) is -0.842. The van der Waals surface area contributed by atoms with Crippen LogP contribution in [0.3, 0.4) is 0 Å². The predicted molar refractivity (Wildman–Crippen MR) is 43.0 cm³/mol. The monoisotopic (exact) mass is 194 g/mol. The summed E-state index contributed by atoms with van der Waals surface area (Å²) in [6.45, 7) is 3.22. The van der Waals surface area contributed by atoms with Crippen LogP contribution in [0.1, 0.15) is 20.3 Å². The molecule has 70 valence electrons. The summed E-state index contributed by atoms with van der Waals surface area (Å²) in [5.74, 6) is -0.348. The minimum atomic E-state index is -0.842. The number of carbonyl (C=O) groups excluding carboxylic acids is 2. The first-order valence-corrected chi connectivity index (χ1v) is 3.89. The molecule has 0 fully saturated rings. The number of hydrogen-bond donors (Lipinski definition) is 0. The van der Waals surface area contributed by atoms with Crippen LogP contribution < -0.4 is 0 Å². The number of hydrogen-bond acceptors (Lipinski definition) is 4. The fraction of sp³-hybridized carbons (Fsp3) is 0.714. The molecule has 0 aromatic carbocycles. The van der Waals surface area contributed by atoms with E-state index in [0.29, 0.717) is 6.42 Å². The Morgan fingerprint density at radius 2 is 2.08 bits per heavy atom. The molecule has 1 unspecified atom stereocenters. The number of ether oxygens (including phenoxy) is 2. The van der Waals surface area contributed by atoms with Gasteiger partial charge in [-0.15, -0.1) is 0 Å². The zero-order valence-electron chi connectivity index (χ0n) is 7.00. The lowest BCUT2D eigenvalue weighted by molar-refractivity contribution is -0.141. The van der Waals surface area contributed by atoms with Gasteiger partial charge in [-0.3, -0.25) is 4.79 Å². The molecular weight excluding hydrogens is 184 g/mol.